The van der Waals surface area contributed by atoms with Crippen LogP contribution < -0.4 is 5.32 Å². The molecule has 124 valence electrons. The molecule has 1 fully saturated rings. The van der Waals surface area contributed by atoms with E-state index in [1.165, 1.54) is 6.92 Å². The van der Waals surface area contributed by atoms with Crippen LogP contribution in [0.15, 0.2) is 43.0 Å². The lowest BCUT2D eigenvalue weighted by atomic mass is 9.88. The Bertz CT molecular complexity index is 559. The molecular weight excluding hydrogens is 292 g/mol. The molecule has 3 atom stereocenters. The molecule has 1 aromatic rings. The molecule has 1 saturated heterocycles. The predicted octanol–water partition coefficient (Wildman–Crippen LogP) is 1.71. The minimum atomic E-state index is -0.424. The number of nitrogens with zero attached hydrogens (tertiary/aromatic N) is 1. The highest BCUT2D eigenvalue weighted by Gasteiger charge is 2.47. The second kappa shape index (κ2) is 7.92. The molecular formula is C18H24N2O3. The molecule has 5 nitrogen and oxygen atoms in total. The van der Waals surface area contributed by atoms with Crippen LogP contribution in [0.25, 0.3) is 0 Å². The Kier molecular flexibility index (Phi) is 5.93. The summed E-state index contributed by atoms with van der Waals surface area (Å²) in [5.74, 6) is -0.492. The number of carbonyl (C=O) groups is 2. The monoisotopic (exact) mass is 316 g/mol. The van der Waals surface area contributed by atoms with Gasteiger partial charge in [0.2, 0.25) is 5.91 Å². The molecule has 1 aromatic carbocycles. The van der Waals surface area contributed by atoms with Crippen LogP contribution in [-0.2, 0) is 14.3 Å². The van der Waals surface area contributed by atoms with Crippen molar-refractivity contribution >= 4 is 11.9 Å². The maximum Gasteiger partial charge on any atom is 0.324 e. The first-order chi connectivity index (χ1) is 11.1. The van der Waals surface area contributed by atoms with Gasteiger partial charge in [0, 0.05) is 25.9 Å². The van der Waals surface area contributed by atoms with Crippen molar-refractivity contribution in [3.05, 3.63) is 48.6 Å². The quantitative estimate of drug-likeness (QED) is 0.641. The lowest BCUT2D eigenvalue weighted by Crippen LogP contribution is -2.41. The third-order valence-corrected chi connectivity index (χ3v) is 4.06. The molecule has 0 bridgehead atoms. The Morgan fingerprint density at radius 3 is 2.65 bits per heavy atom. The number of ether oxygens (including phenoxy) is 1. The Hall–Kier alpha value is -2.14. The van der Waals surface area contributed by atoms with Crippen molar-refractivity contribution in [2.75, 3.05) is 19.7 Å². The van der Waals surface area contributed by atoms with Crippen LogP contribution in [0.3, 0.4) is 0 Å². The average Bonchev–Trinajstić information content (AvgIpc) is 2.86. The molecule has 0 radical (unpaired) electrons. The summed E-state index contributed by atoms with van der Waals surface area (Å²) in [6.07, 6.45) is 1.77. The van der Waals surface area contributed by atoms with Gasteiger partial charge in [0.15, 0.2) is 0 Å². The Balaban J connectivity index is 2.39. The highest BCUT2D eigenvalue weighted by atomic mass is 16.5. The number of carbonyl (C=O) groups excluding carboxylic acids is 2. The minimum absolute atomic E-state index is 0.0982. The summed E-state index contributed by atoms with van der Waals surface area (Å²) in [6, 6.07) is 9.24. The number of nitrogens with one attached hydrogen (secondary N) is 1. The fraction of sp³-hybridized carbons (Fsp3) is 0.444. The zero-order valence-electron chi connectivity index (χ0n) is 13.7. The smallest absolute Gasteiger partial charge is 0.324 e. The Morgan fingerprint density at radius 2 is 2.09 bits per heavy atom. The Labute approximate surface area is 137 Å². The van der Waals surface area contributed by atoms with Crippen molar-refractivity contribution in [3.63, 3.8) is 0 Å². The lowest BCUT2D eigenvalue weighted by molar-refractivity contribution is -0.148. The molecule has 0 unspecified atom stereocenters. The standard InChI is InChI=1S/C18H24N2O3/c1-4-11-20-12-15(19-13(3)21)16(14-9-7-6-8-10-14)17(20)18(22)23-5-2/h4,6-10,15-17H,1,5,11-12H2,2-3H3,(H,19,21)/t15-,16+,17+/m0/s1. The first-order valence-electron chi connectivity index (χ1n) is 7.92. The van der Waals surface area contributed by atoms with E-state index in [1.807, 2.05) is 35.2 Å². The van der Waals surface area contributed by atoms with Crippen LogP contribution in [0.4, 0.5) is 0 Å². The maximum absolute atomic E-state index is 12.5. The molecule has 5 heteroatoms. The lowest BCUT2D eigenvalue weighted by Gasteiger charge is -2.26. The van der Waals surface area contributed by atoms with Gasteiger partial charge < -0.3 is 10.1 Å². The van der Waals surface area contributed by atoms with Gasteiger partial charge in [-0.1, -0.05) is 36.4 Å². The fourth-order valence-electron chi connectivity index (χ4n) is 3.29. The van der Waals surface area contributed by atoms with Crippen molar-refractivity contribution in [1.29, 1.82) is 0 Å². The van der Waals surface area contributed by atoms with Gasteiger partial charge in [-0.05, 0) is 12.5 Å². The molecule has 0 saturated carbocycles. The van der Waals surface area contributed by atoms with Crippen molar-refractivity contribution in [3.8, 4) is 0 Å². The van der Waals surface area contributed by atoms with E-state index in [0.29, 0.717) is 19.7 Å². The first kappa shape index (κ1) is 17.2. The third-order valence-electron chi connectivity index (χ3n) is 4.06. The van der Waals surface area contributed by atoms with E-state index in [2.05, 4.69) is 11.9 Å². The van der Waals surface area contributed by atoms with Crippen LogP contribution in [0.2, 0.25) is 0 Å². The normalized spacial score (nSPS) is 24.2. The highest BCUT2D eigenvalue weighted by molar-refractivity contribution is 5.79. The van der Waals surface area contributed by atoms with E-state index in [9.17, 15) is 9.59 Å². The third kappa shape index (κ3) is 3.99. The molecule has 0 aliphatic carbocycles. The van der Waals surface area contributed by atoms with Gasteiger partial charge in [0.05, 0.1) is 12.6 Å². The van der Waals surface area contributed by atoms with Gasteiger partial charge in [-0.2, -0.15) is 0 Å². The minimum Gasteiger partial charge on any atom is -0.465 e. The van der Waals surface area contributed by atoms with Crippen molar-refractivity contribution in [2.24, 2.45) is 0 Å². The zero-order valence-corrected chi connectivity index (χ0v) is 13.7. The van der Waals surface area contributed by atoms with Crippen LogP contribution in [0, 0.1) is 0 Å². The van der Waals surface area contributed by atoms with E-state index in [1.54, 1.807) is 13.0 Å². The van der Waals surface area contributed by atoms with Gasteiger partial charge in [-0.3, -0.25) is 14.5 Å². The Morgan fingerprint density at radius 1 is 1.39 bits per heavy atom. The highest BCUT2D eigenvalue weighted by Crippen LogP contribution is 2.34. The van der Waals surface area contributed by atoms with Crippen LogP contribution in [0.5, 0.6) is 0 Å². The number of likely N-dealkylation sites (tertiary alicyclic amines) is 1. The second-order valence-corrected chi connectivity index (χ2v) is 5.68. The van der Waals surface area contributed by atoms with Crippen molar-refractivity contribution in [1.82, 2.24) is 10.2 Å². The number of esters is 1. The molecule has 0 aromatic heterocycles. The van der Waals surface area contributed by atoms with Gasteiger partial charge in [-0.25, -0.2) is 0 Å². The molecule has 1 aliphatic heterocycles. The summed E-state index contributed by atoms with van der Waals surface area (Å²) in [4.78, 5) is 26.1. The van der Waals surface area contributed by atoms with E-state index >= 15 is 0 Å². The molecule has 0 spiro atoms. The molecule has 1 heterocycles. The number of amides is 1. The summed E-state index contributed by atoms with van der Waals surface area (Å²) in [5.41, 5.74) is 1.02. The first-order valence-corrected chi connectivity index (χ1v) is 7.92. The average molecular weight is 316 g/mol. The van der Waals surface area contributed by atoms with Crippen LogP contribution >= 0.6 is 0 Å². The number of benzene rings is 1. The maximum atomic E-state index is 12.5. The van der Waals surface area contributed by atoms with Gasteiger partial charge in [0.1, 0.15) is 6.04 Å². The van der Waals surface area contributed by atoms with E-state index in [0.717, 1.165) is 5.56 Å². The zero-order chi connectivity index (χ0) is 16.8. The van der Waals surface area contributed by atoms with E-state index in [-0.39, 0.29) is 23.8 Å². The summed E-state index contributed by atoms with van der Waals surface area (Å²) in [7, 11) is 0. The topological polar surface area (TPSA) is 58.6 Å². The van der Waals surface area contributed by atoms with Crippen LogP contribution in [0.1, 0.15) is 25.3 Å². The molecule has 1 N–H and O–H groups in total. The number of hydrogen-bond acceptors (Lipinski definition) is 4. The second-order valence-electron chi connectivity index (χ2n) is 5.68. The van der Waals surface area contributed by atoms with Gasteiger partial charge in [0.25, 0.3) is 0 Å². The van der Waals surface area contributed by atoms with Gasteiger partial charge in [-0.15, -0.1) is 6.58 Å². The molecule has 23 heavy (non-hydrogen) atoms. The fourth-order valence-corrected chi connectivity index (χ4v) is 3.29. The molecule has 2 rings (SSSR count). The van der Waals surface area contributed by atoms with Crippen molar-refractivity contribution < 1.29 is 14.3 Å². The predicted molar refractivity (Wildman–Crippen MR) is 89.0 cm³/mol. The van der Waals surface area contributed by atoms with Crippen molar-refractivity contribution in [2.45, 2.75) is 31.8 Å². The molecule has 1 amide bonds. The number of rotatable bonds is 6. The largest absolute Gasteiger partial charge is 0.465 e. The summed E-state index contributed by atoms with van der Waals surface area (Å²) in [6.45, 7) is 8.56. The van der Waals surface area contributed by atoms with E-state index in [4.69, 9.17) is 4.74 Å². The molecule has 1 aliphatic rings. The van der Waals surface area contributed by atoms with Crippen LogP contribution in [-0.4, -0.2) is 48.6 Å². The van der Waals surface area contributed by atoms with Gasteiger partial charge >= 0.3 is 5.97 Å². The van der Waals surface area contributed by atoms with E-state index < -0.39 is 6.04 Å². The summed E-state index contributed by atoms with van der Waals surface area (Å²) in [5, 5.41) is 2.98. The summed E-state index contributed by atoms with van der Waals surface area (Å²) >= 11 is 0. The SMILES string of the molecule is C=CCN1C[C@H](NC(C)=O)[C@@H](c2ccccc2)[C@@H]1C(=O)OCC. The number of hydrogen-bond donors (Lipinski definition) is 1. The summed E-state index contributed by atoms with van der Waals surface area (Å²) < 4.78 is 5.28.